The summed E-state index contributed by atoms with van der Waals surface area (Å²) in [4.78, 5) is 21.1. The van der Waals surface area contributed by atoms with Crippen LogP contribution in [0.15, 0.2) is 0 Å². The van der Waals surface area contributed by atoms with Gasteiger partial charge in [0.05, 0.1) is 6.61 Å². The fourth-order valence-electron chi connectivity index (χ4n) is 0.606. The fraction of sp³-hybridized carbons (Fsp3) is 0.750. The van der Waals surface area contributed by atoms with Crippen LogP contribution in [-0.4, -0.2) is 32.5 Å². The molecule has 0 aromatic rings. The second-order valence-corrected chi connectivity index (χ2v) is 2.66. The van der Waals surface area contributed by atoms with Crippen molar-refractivity contribution in [1.82, 2.24) is 5.32 Å². The number of nitrogens with one attached hydrogen (secondary N) is 1. The van der Waals surface area contributed by atoms with Crippen LogP contribution in [0.2, 0.25) is 0 Å². The van der Waals surface area contributed by atoms with E-state index in [-0.39, 0.29) is 11.8 Å². The van der Waals surface area contributed by atoms with E-state index in [2.05, 4.69) is 5.32 Å². The van der Waals surface area contributed by atoms with Crippen molar-refractivity contribution in [3.63, 3.8) is 0 Å². The van der Waals surface area contributed by atoms with E-state index < -0.39 is 0 Å². The predicted molar refractivity (Wildman–Crippen MR) is 44.7 cm³/mol. The van der Waals surface area contributed by atoms with Gasteiger partial charge in [-0.05, 0) is 0 Å². The van der Waals surface area contributed by atoms with E-state index in [0.717, 1.165) is 6.29 Å². The summed E-state index contributed by atoms with van der Waals surface area (Å²) < 4.78 is 4.72. The Morgan fingerprint density at radius 2 is 2.33 bits per heavy atom. The molecule has 1 unspecified atom stereocenters. The minimum absolute atomic E-state index is 0.0782. The summed E-state index contributed by atoms with van der Waals surface area (Å²) >= 11 is 0. The summed E-state index contributed by atoms with van der Waals surface area (Å²) in [6.45, 7) is 2.58. The Morgan fingerprint density at radius 3 is 2.83 bits per heavy atom. The zero-order valence-electron chi connectivity index (χ0n) is 7.50. The molecular weight excluding hydrogens is 158 g/mol. The average molecular weight is 173 g/mol. The molecule has 4 heteroatoms. The van der Waals surface area contributed by atoms with Crippen molar-refractivity contribution in [3.05, 3.63) is 0 Å². The van der Waals surface area contributed by atoms with Crippen LogP contribution >= 0.6 is 0 Å². The van der Waals surface area contributed by atoms with Gasteiger partial charge < -0.3 is 14.8 Å². The Kier molecular flexibility index (Phi) is 6.28. The third-order valence-corrected chi connectivity index (χ3v) is 1.39. The number of hydrogen-bond acceptors (Lipinski definition) is 3. The number of ether oxygens (including phenoxy) is 1. The van der Waals surface area contributed by atoms with Gasteiger partial charge in [0.2, 0.25) is 5.91 Å². The zero-order valence-corrected chi connectivity index (χ0v) is 7.50. The monoisotopic (exact) mass is 173 g/mol. The van der Waals surface area contributed by atoms with E-state index in [9.17, 15) is 9.59 Å². The first kappa shape index (κ1) is 11.1. The van der Waals surface area contributed by atoms with Crippen LogP contribution in [0.25, 0.3) is 0 Å². The lowest BCUT2D eigenvalue weighted by Crippen LogP contribution is -2.29. The van der Waals surface area contributed by atoms with Crippen LogP contribution in [0.4, 0.5) is 0 Å². The highest BCUT2D eigenvalue weighted by atomic mass is 16.5. The molecule has 12 heavy (non-hydrogen) atoms. The molecule has 0 aliphatic heterocycles. The Bertz CT molecular complexity index is 147. The number of amides is 1. The van der Waals surface area contributed by atoms with Gasteiger partial charge in [-0.1, -0.05) is 6.92 Å². The first-order chi connectivity index (χ1) is 5.70. The number of carbonyl (C=O) groups excluding carboxylic acids is 2. The summed E-state index contributed by atoms with van der Waals surface area (Å²) in [6, 6.07) is 0. The Labute approximate surface area is 72.3 Å². The SMILES string of the molecule is COCCC(=O)NCC(C)C=O. The van der Waals surface area contributed by atoms with Crippen molar-refractivity contribution < 1.29 is 14.3 Å². The quantitative estimate of drug-likeness (QED) is 0.574. The first-order valence-electron chi connectivity index (χ1n) is 3.91. The first-order valence-corrected chi connectivity index (χ1v) is 3.91. The molecule has 1 N–H and O–H groups in total. The summed E-state index contributed by atoms with van der Waals surface area (Å²) in [7, 11) is 1.54. The molecular formula is C8H15NO3. The Balaban J connectivity index is 3.36. The molecule has 1 atom stereocenters. The van der Waals surface area contributed by atoms with E-state index in [1.807, 2.05) is 0 Å². The maximum Gasteiger partial charge on any atom is 0.222 e. The molecule has 70 valence electrons. The molecule has 0 aromatic carbocycles. The molecule has 0 saturated carbocycles. The lowest BCUT2D eigenvalue weighted by atomic mass is 10.2. The number of methoxy groups -OCH3 is 1. The molecule has 0 fully saturated rings. The van der Waals surface area contributed by atoms with Crippen molar-refractivity contribution in [2.45, 2.75) is 13.3 Å². The summed E-state index contributed by atoms with van der Waals surface area (Å²) in [5, 5.41) is 2.62. The number of hydrogen-bond donors (Lipinski definition) is 1. The van der Waals surface area contributed by atoms with Crippen molar-refractivity contribution in [2.24, 2.45) is 5.92 Å². The second-order valence-electron chi connectivity index (χ2n) is 2.66. The van der Waals surface area contributed by atoms with Crippen LogP contribution in [0.5, 0.6) is 0 Å². The average Bonchev–Trinajstić information content (AvgIpc) is 2.10. The Hall–Kier alpha value is -0.900. The topological polar surface area (TPSA) is 55.4 Å². The van der Waals surface area contributed by atoms with E-state index in [1.54, 1.807) is 14.0 Å². The van der Waals surface area contributed by atoms with Gasteiger partial charge >= 0.3 is 0 Å². The van der Waals surface area contributed by atoms with Crippen LogP contribution in [-0.2, 0) is 14.3 Å². The highest BCUT2D eigenvalue weighted by Gasteiger charge is 2.03. The van der Waals surface area contributed by atoms with E-state index in [1.165, 1.54) is 0 Å². The molecule has 0 aliphatic rings. The van der Waals surface area contributed by atoms with Crippen LogP contribution in [0.1, 0.15) is 13.3 Å². The molecule has 0 radical (unpaired) electrons. The van der Waals surface area contributed by atoms with E-state index >= 15 is 0 Å². The van der Waals surface area contributed by atoms with E-state index in [0.29, 0.717) is 19.6 Å². The minimum Gasteiger partial charge on any atom is -0.384 e. The lowest BCUT2D eigenvalue weighted by Gasteiger charge is -2.05. The number of aldehydes is 1. The van der Waals surface area contributed by atoms with Crippen LogP contribution < -0.4 is 5.32 Å². The largest absolute Gasteiger partial charge is 0.384 e. The molecule has 0 bridgehead atoms. The van der Waals surface area contributed by atoms with Gasteiger partial charge in [0.15, 0.2) is 0 Å². The predicted octanol–water partition coefficient (Wildman–Crippen LogP) is -0.0259. The molecule has 0 rings (SSSR count). The fourth-order valence-corrected chi connectivity index (χ4v) is 0.606. The zero-order chi connectivity index (χ0) is 9.40. The third-order valence-electron chi connectivity index (χ3n) is 1.39. The number of carbonyl (C=O) groups is 2. The molecule has 1 amide bonds. The smallest absolute Gasteiger partial charge is 0.222 e. The second kappa shape index (κ2) is 6.79. The standard InChI is InChI=1S/C8H15NO3/c1-7(6-10)5-9-8(11)3-4-12-2/h6-7H,3-5H2,1-2H3,(H,9,11). The third kappa shape index (κ3) is 5.85. The normalized spacial score (nSPS) is 12.2. The molecule has 4 nitrogen and oxygen atoms in total. The molecule has 0 saturated heterocycles. The summed E-state index contributed by atoms with van der Waals surface area (Å²) in [6.07, 6.45) is 1.17. The van der Waals surface area contributed by atoms with Crippen LogP contribution in [0, 0.1) is 5.92 Å². The highest BCUT2D eigenvalue weighted by Crippen LogP contribution is 1.86. The molecule has 0 spiro atoms. The number of rotatable bonds is 6. The van der Waals surface area contributed by atoms with Crippen molar-refractivity contribution in [1.29, 1.82) is 0 Å². The van der Waals surface area contributed by atoms with Gasteiger partial charge in [-0.25, -0.2) is 0 Å². The van der Waals surface area contributed by atoms with Gasteiger partial charge in [0.1, 0.15) is 6.29 Å². The van der Waals surface area contributed by atoms with Gasteiger partial charge in [-0.3, -0.25) is 4.79 Å². The molecule has 0 heterocycles. The van der Waals surface area contributed by atoms with Crippen molar-refractivity contribution in [3.8, 4) is 0 Å². The minimum atomic E-state index is -0.114. The molecule has 0 aliphatic carbocycles. The van der Waals surface area contributed by atoms with Gasteiger partial charge in [0, 0.05) is 26.0 Å². The van der Waals surface area contributed by atoms with Crippen molar-refractivity contribution in [2.75, 3.05) is 20.3 Å². The van der Waals surface area contributed by atoms with Gasteiger partial charge in [-0.2, -0.15) is 0 Å². The van der Waals surface area contributed by atoms with Gasteiger partial charge in [0.25, 0.3) is 0 Å². The molecule has 0 aromatic heterocycles. The van der Waals surface area contributed by atoms with Crippen LogP contribution in [0.3, 0.4) is 0 Å². The maximum atomic E-state index is 10.9. The van der Waals surface area contributed by atoms with Gasteiger partial charge in [-0.15, -0.1) is 0 Å². The summed E-state index contributed by atoms with van der Waals surface area (Å²) in [5.74, 6) is -0.193. The lowest BCUT2D eigenvalue weighted by molar-refractivity contribution is -0.122. The van der Waals surface area contributed by atoms with Crippen molar-refractivity contribution >= 4 is 12.2 Å². The highest BCUT2D eigenvalue weighted by molar-refractivity contribution is 5.76. The van der Waals surface area contributed by atoms with E-state index in [4.69, 9.17) is 4.74 Å². The summed E-state index contributed by atoms with van der Waals surface area (Å²) in [5.41, 5.74) is 0. The Morgan fingerprint density at radius 1 is 1.67 bits per heavy atom. The maximum absolute atomic E-state index is 10.9.